The standard InChI is InChI=1S/C14H18N4S/c1-9(2)13-17-14(19-18-13)16-6-10-3-4-11-7-15-8-12(11)5-10/h3-5,9,15H,6-8H2,1-2H3,(H,16,17,18). The Bertz CT molecular complexity index is 577. The minimum absolute atomic E-state index is 0.387. The molecule has 1 aliphatic rings. The predicted octanol–water partition coefficient (Wildman–Crippen LogP) is 2.88. The lowest BCUT2D eigenvalue weighted by Crippen LogP contribution is -2.01. The van der Waals surface area contributed by atoms with Crippen LogP contribution in [0.4, 0.5) is 5.13 Å². The SMILES string of the molecule is CC(C)c1nsc(NCc2ccc3c(c2)CNC3)n1. The van der Waals surface area contributed by atoms with Crippen molar-refractivity contribution in [3.05, 3.63) is 40.7 Å². The van der Waals surface area contributed by atoms with Gasteiger partial charge in [-0.2, -0.15) is 4.37 Å². The zero-order chi connectivity index (χ0) is 13.2. The molecule has 2 N–H and O–H groups in total. The highest BCUT2D eigenvalue weighted by atomic mass is 32.1. The Morgan fingerprint density at radius 3 is 2.95 bits per heavy atom. The molecule has 0 fully saturated rings. The van der Waals surface area contributed by atoms with Gasteiger partial charge in [-0.05, 0) is 16.7 Å². The molecule has 2 heterocycles. The third kappa shape index (κ3) is 2.77. The first-order valence-corrected chi connectivity index (χ1v) is 7.38. The van der Waals surface area contributed by atoms with E-state index in [0.717, 1.165) is 30.6 Å². The minimum Gasteiger partial charge on any atom is -0.356 e. The molecule has 0 atom stereocenters. The Kier molecular flexibility index (Phi) is 3.48. The van der Waals surface area contributed by atoms with Gasteiger partial charge in [-0.3, -0.25) is 0 Å². The molecule has 19 heavy (non-hydrogen) atoms. The van der Waals surface area contributed by atoms with Crippen LogP contribution in [0.25, 0.3) is 0 Å². The van der Waals surface area contributed by atoms with Crippen LogP contribution in [0.15, 0.2) is 18.2 Å². The van der Waals surface area contributed by atoms with Crippen LogP contribution in [-0.4, -0.2) is 9.36 Å². The van der Waals surface area contributed by atoms with E-state index in [1.165, 1.54) is 28.2 Å². The molecule has 2 aromatic rings. The van der Waals surface area contributed by atoms with Crippen LogP contribution in [0.1, 0.15) is 42.3 Å². The third-order valence-corrected chi connectivity index (χ3v) is 3.99. The number of anilines is 1. The predicted molar refractivity (Wildman–Crippen MR) is 78.3 cm³/mol. The number of hydrogen-bond donors (Lipinski definition) is 2. The summed E-state index contributed by atoms with van der Waals surface area (Å²) in [5, 5.41) is 7.62. The van der Waals surface area contributed by atoms with Crippen LogP contribution in [0.2, 0.25) is 0 Å². The molecule has 100 valence electrons. The molecule has 0 bridgehead atoms. The first-order chi connectivity index (χ1) is 9.22. The van der Waals surface area contributed by atoms with Gasteiger partial charge in [0.05, 0.1) is 0 Å². The summed E-state index contributed by atoms with van der Waals surface area (Å²) in [4.78, 5) is 4.48. The molecule has 1 aliphatic heterocycles. The van der Waals surface area contributed by atoms with E-state index >= 15 is 0 Å². The normalized spacial score (nSPS) is 13.8. The largest absolute Gasteiger partial charge is 0.356 e. The van der Waals surface area contributed by atoms with Gasteiger partial charge in [0.25, 0.3) is 0 Å². The Labute approximate surface area is 117 Å². The van der Waals surface area contributed by atoms with Crippen molar-refractivity contribution in [1.82, 2.24) is 14.7 Å². The average molecular weight is 274 g/mol. The summed E-state index contributed by atoms with van der Waals surface area (Å²) >= 11 is 1.44. The Morgan fingerprint density at radius 1 is 1.32 bits per heavy atom. The second-order valence-electron chi connectivity index (χ2n) is 5.17. The number of fused-ring (bicyclic) bond motifs is 1. The number of benzene rings is 1. The van der Waals surface area contributed by atoms with Crippen molar-refractivity contribution < 1.29 is 0 Å². The van der Waals surface area contributed by atoms with Gasteiger partial charge in [-0.1, -0.05) is 32.0 Å². The van der Waals surface area contributed by atoms with Crippen LogP contribution in [-0.2, 0) is 19.6 Å². The Balaban J connectivity index is 1.65. The monoisotopic (exact) mass is 274 g/mol. The molecule has 0 amide bonds. The van der Waals surface area contributed by atoms with Crippen molar-refractivity contribution >= 4 is 16.7 Å². The van der Waals surface area contributed by atoms with Crippen LogP contribution in [0, 0.1) is 0 Å². The number of rotatable bonds is 4. The fourth-order valence-corrected chi connectivity index (χ4v) is 2.88. The molecule has 1 aromatic carbocycles. The molecular weight excluding hydrogens is 256 g/mol. The molecule has 0 unspecified atom stereocenters. The average Bonchev–Trinajstić information content (AvgIpc) is 3.04. The van der Waals surface area contributed by atoms with Gasteiger partial charge in [0.2, 0.25) is 5.13 Å². The number of hydrogen-bond acceptors (Lipinski definition) is 5. The second kappa shape index (κ2) is 5.27. The van der Waals surface area contributed by atoms with E-state index < -0.39 is 0 Å². The number of nitrogens with zero attached hydrogens (tertiary/aromatic N) is 2. The van der Waals surface area contributed by atoms with Gasteiger partial charge in [-0.25, -0.2) is 4.98 Å². The highest BCUT2D eigenvalue weighted by Crippen LogP contribution is 2.20. The maximum atomic E-state index is 4.48. The van der Waals surface area contributed by atoms with Crippen molar-refractivity contribution in [2.24, 2.45) is 0 Å². The van der Waals surface area contributed by atoms with E-state index in [1.54, 1.807) is 0 Å². The summed E-state index contributed by atoms with van der Waals surface area (Å²) < 4.78 is 4.34. The fourth-order valence-electron chi connectivity index (χ4n) is 2.18. The van der Waals surface area contributed by atoms with Gasteiger partial charge in [0.1, 0.15) is 5.82 Å². The fraction of sp³-hybridized carbons (Fsp3) is 0.429. The summed E-state index contributed by atoms with van der Waals surface area (Å²) in [6.07, 6.45) is 0. The molecular formula is C14H18N4S. The van der Waals surface area contributed by atoms with Gasteiger partial charge < -0.3 is 10.6 Å². The van der Waals surface area contributed by atoms with Gasteiger partial charge >= 0.3 is 0 Å². The van der Waals surface area contributed by atoms with Crippen LogP contribution >= 0.6 is 11.5 Å². The molecule has 0 spiro atoms. The van der Waals surface area contributed by atoms with Gasteiger partial charge in [0.15, 0.2) is 0 Å². The summed E-state index contributed by atoms with van der Waals surface area (Å²) in [6, 6.07) is 6.67. The summed E-state index contributed by atoms with van der Waals surface area (Å²) in [5.74, 6) is 1.31. The van der Waals surface area contributed by atoms with Gasteiger partial charge in [0, 0.05) is 37.1 Å². The second-order valence-corrected chi connectivity index (χ2v) is 5.92. The zero-order valence-corrected chi connectivity index (χ0v) is 12.0. The first-order valence-electron chi connectivity index (χ1n) is 6.61. The third-order valence-electron chi connectivity index (χ3n) is 3.30. The van der Waals surface area contributed by atoms with Crippen LogP contribution in [0.5, 0.6) is 0 Å². The highest BCUT2D eigenvalue weighted by Gasteiger charge is 2.11. The molecule has 0 aliphatic carbocycles. The van der Waals surface area contributed by atoms with E-state index in [-0.39, 0.29) is 0 Å². The van der Waals surface area contributed by atoms with Crippen molar-refractivity contribution in [2.45, 2.75) is 39.4 Å². The maximum Gasteiger partial charge on any atom is 0.202 e. The van der Waals surface area contributed by atoms with E-state index in [9.17, 15) is 0 Å². The summed E-state index contributed by atoms with van der Waals surface area (Å²) in [6.45, 7) is 7.01. The van der Waals surface area contributed by atoms with E-state index in [2.05, 4.69) is 52.0 Å². The van der Waals surface area contributed by atoms with E-state index in [0.29, 0.717) is 5.92 Å². The molecule has 0 saturated heterocycles. The quantitative estimate of drug-likeness (QED) is 0.900. The lowest BCUT2D eigenvalue weighted by Gasteiger charge is -2.05. The molecule has 5 heteroatoms. The van der Waals surface area contributed by atoms with Crippen LogP contribution < -0.4 is 10.6 Å². The molecule has 0 radical (unpaired) electrons. The molecule has 0 saturated carbocycles. The number of aromatic nitrogens is 2. The van der Waals surface area contributed by atoms with Crippen molar-refractivity contribution in [3.8, 4) is 0 Å². The number of nitrogens with one attached hydrogen (secondary N) is 2. The summed E-state index contributed by atoms with van der Waals surface area (Å²) in [5.41, 5.74) is 4.13. The Morgan fingerprint density at radius 2 is 2.16 bits per heavy atom. The highest BCUT2D eigenvalue weighted by molar-refractivity contribution is 7.09. The van der Waals surface area contributed by atoms with E-state index in [4.69, 9.17) is 0 Å². The Hall–Kier alpha value is -1.46. The maximum absolute atomic E-state index is 4.48. The smallest absolute Gasteiger partial charge is 0.202 e. The van der Waals surface area contributed by atoms with Gasteiger partial charge in [-0.15, -0.1) is 0 Å². The first kappa shape index (κ1) is 12.6. The van der Waals surface area contributed by atoms with Crippen molar-refractivity contribution in [1.29, 1.82) is 0 Å². The molecule has 4 nitrogen and oxygen atoms in total. The lowest BCUT2D eigenvalue weighted by molar-refractivity contribution is 0.764. The van der Waals surface area contributed by atoms with E-state index in [1.807, 2.05) is 0 Å². The zero-order valence-electron chi connectivity index (χ0n) is 11.2. The summed E-state index contributed by atoms with van der Waals surface area (Å²) in [7, 11) is 0. The minimum atomic E-state index is 0.387. The molecule has 3 rings (SSSR count). The van der Waals surface area contributed by atoms with Crippen LogP contribution in [0.3, 0.4) is 0 Å². The molecule has 1 aromatic heterocycles. The topological polar surface area (TPSA) is 49.8 Å². The lowest BCUT2D eigenvalue weighted by atomic mass is 10.1. The van der Waals surface area contributed by atoms with Crippen molar-refractivity contribution in [2.75, 3.05) is 5.32 Å². The van der Waals surface area contributed by atoms with Crippen molar-refractivity contribution in [3.63, 3.8) is 0 Å².